The van der Waals surface area contributed by atoms with Gasteiger partial charge >= 0.3 is 0 Å². The van der Waals surface area contributed by atoms with Gasteiger partial charge in [-0.2, -0.15) is 0 Å². The first-order chi connectivity index (χ1) is 29.3. The molecule has 2 heterocycles. The summed E-state index contributed by atoms with van der Waals surface area (Å²) in [4.78, 5) is 7.18. The van der Waals surface area contributed by atoms with Crippen molar-refractivity contribution in [3.63, 3.8) is 0 Å². The lowest BCUT2D eigenvalue weighted by Gasteiger charge is -2.30. The molecule has 0 saturated carbocycles. The lowest BCUT2D eigenvalue weighted by molar-refractivity contribution is 1.27. The van der Waals surface area contributed by atoms with E-state index in [-0.39, 0.29) is 0 Å². The number of hydrogen-bond donors (Lipinski definition) is 0. The Bertz CT molecular complexity index is 3140. The molecule has 0 amide bonds. The van der Waals surface area contributed by atoms with Gasteiger partial charge in [-0.05, 0) is 115 Å². The van der Waals surface area contributed by atoms with Gasteiger partial charge in [0.25, 0.3) is 0 Å². The second-order valence-corrected chi connectivity index (χ2v) is 16.8. The molecule has 0 atom stereocenters. The number of para-hydroxylation sites is 5. The second kappa shape index (κ2) is 15.0. The molecule has 9 aromatic carbocycles. The van der Waals surface area contributed by atoms with Crippen LogP contribution in [0.3, 0.4) is 0 Å². The topological polar surface area (TPSA) is 9.72 Å². The third-order valence-electron chi connectivity index (χ3n) is 11.0. The van der Waals surface area contributed by atoms with Crippen LogP contribution >= 0.6 is 22.7 Å². The van der Waals surface area contributed by atoms with Gasteiger partial charge in [0.15, 0.2) is 0 Å². The van der Waals surface area contributed by atoms with Gasteiger partial charge in [-0.3, -0.25) is 0 Å². The molecule has 0 bridgehead atoms. The maximum Gasteiger partial charge on any atom is 0.0575 e. The van der Waals surface area contributed by atoms with Crippen LogP contribution in [0.2, 0.25) is 0 Å². The van der Waals surface area contributed by atoms with Crippen molar-refractivity contribution in [3.05, 3.63) is 224 Å². The van der Waals surface area contributed by atoms with Crippen molar-refractivity contribution in [1.82, 2.24) is 0 Å². The highest BCUT2D eigenvalue weighted by atomic mass is 32.1. The van der Waals surface area contributed by atoms with E-state index in [0.717, 1.165) is 51.2 Å². The fourth-order valence-electron chi connectivity index (χ4n) is 8.36. The molecule has 59 heavy (non-hydrogen) atoms. The van der Waals surface area contributed by atoms with Crippen molar-refractivity contribution in [2.75, 3.05) is 14.7 Å². The Morgan fingerprint density at radius 1 is 0.237 bits per heavy atom. The van der Waals surface area contributed by atoms with Crippen molar-refractivity contribution >= 4 is 114 Å². The monoisotopic (exact) mass is 791 g/mol. The molecule has 3 nitrogen and oxygen atoms in total. The molecule has 0 aliphatic rings. The molecule has 11 aromatic rings. The van der Waals surface area contributed by atoms with Crippen LogP contribution in [0.25, 0.3) is 40.3 Å². The van der Waals surface area contributed by atoms with Gasteiger partial charge in [-0.1, -0.05) is 109 Å². The highest BCUT2D eigenvalue weighted by Gasteiger charge is 2.23. The lowest BCUT2D eigenvalue weighted by Crippen LogP contribution is -2.13. The van der Waals surface area contributed by atoms with Crippen LogP contribution in [0.5, 0.6) is 0 Å². The van der Waals surface area contributed by atoms with Crippen LogP contribution < -0.4 is 14.7 Å². The van der Waals surface area contributed by atoms with Gasteiger partial charge in [0, 0.05) is 85.8 Å². The van der Waals surface area contributed by atoms with Gasteiger partial charge in [-0.15, -0.1) is 22.7 Å². The zero-order valence-electron chi connectivity index (χ0n) is 32.0. The van der Waals surface area contributed by atoms with Gasteiger partial charge in [0.1, 0.15) is 0 Å². The average Bonchev–Trinajstić information content (AvgIpc) is 3.86. The first-order valence-corrected chi connectivity index (χ1v) is 21.5. The summed E-state index contributed by atoms with van der Waals surface area (Å²) in [6.45, 7) is 0. The summed E-state index contributed by atoms with van der Waals surface area (Å²) < 4.78 is 5.05. The van der Waals surface area contributed by atoms with Gasteiger partial charge in [0.05, 0.1) is 5.69 Å². The van der Waals surface area contributed by atoms with Crippen molar-refractivity contribution < 1.29 is 0 Å². The quantitative estimate of drug-likeness (QED) is 0.144. The summed E-state index contributed by atoms with van der Waals surface area (Å²) in [5, 5.41) is 5.00. The molecule has 0 aliphatic heterocycles. The number of rotatable bonds is 9. The zero-order valence-corrected chi connectivity index (χ0v) is 33.7. The number of anilines is 9. The zero-order chi connectivity index (χ0) is 39.1. The summed E-state index contributed by atoms with van der Waals surface area (Å²) in [5.74, 6) is 0. The van der Waals surface area contributed by atoms with Crippen LogP contribution in [0.15, 0.2) is 224 Å². The Morgan fingerprint density at radius 2 is 0.610 bits per heavy atom. The molecule has 11 rings (SSSR count). The van der Waals surface area contributed by atoms with Crippen molar-refractivity contribution in [2.45, 2.75) is 0 Å². The van der Waals surface area contributed by atoms with Crippen LogP contribution in [0.1, 0.15) is 0 Å². The summed E-state index contributed by atoms with van der Waals surface area (Å²) in [6.07, 6.45) is 0. The van der Waals surface area contributed by atoms with Gasteiger partial charge < -0.3 is 14.7 Å². The van der Waals surface area contributed by atoms with Crippen LogP contribution in [-0.4, -0.2) is 0 Å². The van der Waals surface area contributed by atoms with E-state index in [9.17, 15) is 0 Å². The van der Waals surface area contributed by atoms with E-state index in [1.807, 2.05) is 22.7 Å². The highest BCUT2D eigenvalue weighted by Crippen LogP contribution is 2.50. The molecule has 0 fully saturated rings. The Hall–Kier alpha value is -7.18. The number of fused-ring (bicyclic) bond motifs is 6. The van der Waals surface area contributed by atoms with Crippen LogP contribution in [0, 0.1) is 0 Å². The normalized spacial score (nSPS) is 11.4. The number of nitrogens with zero attached hydrogens (tertiary/aromatic N) is 3. The van der Waals surface area contributed by atoms with E-state index in [2.05, 4.69) is 239 Å². The molecule has 0 saturated heterocycles. The molecule has 0 N–H and O–H groups in total. The number of hydrogen-bond acceptors (Lipinski definition) is 5. The smallest absolute Gasteiger partial charge is 0.0575 e. The predicted molar refractivity (Wildman–Crippen MR) is 256 cm³/mol. The van der Waals surface area contributed by atoms with E-state index in [1.165, 1.54) is 40.3 Å². The molecule has 2 aromatic heterocycles. The summed E-state index contributed by atoms with van der Waals surface area (Å²) >= 11 is 3.71. The summed E-state index contributed by atoms with van der Waals surface area (Å²) in [6, 6.07) is 81.0. The summed E-state index contributed by atoms with van der Waals surface area (Å²) in [7, 11) is 0. The fraction of sp³-hybridized carbons (Fsp3) is 0. The second-order valence-electron chi connectivity index (χ2n) is 14.6. The first kappa shape index (κ1) is 35.0. The Labute approximate surface area is 351 Å². The molecule has 0 radical (unpaired) electrons. The van der Waals surface area contributed by atoms with E-state index < -0.39 is 0 Å². The molecular weight excluding hydrogens is 755 g/mol. The highest BCUT2D eigenvalue weighted by molar-refractivity contribution is 7.26. The minimum Gasteiger partial charge on any atom is -0.310 e. The predicted octanol–water partition coefficient (Wildman–Crippen LogP) is 16.8. The minimum absolute atomic E-state index is 1.10. The molecular formula is C54H37N3S2. The largest absolute Gasteiger partial charge is 0.310 e. The third-order valence-corrected chi connectivity index (χ3v) is 13.2. The number of thiophene rings is 2. The van der Waals surface area contributed by atoms with E-state index in [4.69, 9.17) is 0 Å². The van der Waals surface area contributed by atoms with Gasteiger partial charge in [0.2, 0.25) is 0 Å². The lowest BCUT2D eigenvalue weighted by atomic mass is 10.0. The first-order valence-electron chi connectivity index (χ1n) is 19.8. The van der Waals surface area contributed by atoms with Crippen molar-refractivity contribution in [1.29, 1.82) is 0 Å². The summed E-state index contributed by atoms with van der Waals surface area (Å²) in [5.41, 5.74) is 10.0. The fourth-order valence-corrected chi connectivity index (χ4v) is 10.6. The van der Waals surface area contributed by atoms with Crippen molar-refractivity contribution in [2.24, 2.45) is 0 Å². The van der Waals surface area contributed by atoms with Gasteiger partial charge in [-0.25, -0.2) is 0 Å². The Balaban J connectivity index is 1.13. The Morgan fingerprint density at radius 3 is 1.08 bits per heavy atom. The molecule has 280 valence electrons. The van der Waals surface area contributed by atoms with Crippen molar-refractivity contribution in [3.8, 4) is 0 Å². The average molecular weight is 792 g/mol. The SMILES string of the molecule is c1ccc(N(c2ccccc2)c2ccc3sc4ccc(N(c5ccccc5)c5cc(N(c6ccccc6)c6ccccc6)c6c(c5)sc5ccccc56)cc4c3c2)cc1. The number of benzene rings is 9. The standard InChI is InChI=1S/C54H37N3S2/c1-6-18-38(19-7-1)55(39-20-8-2-9-21-39)43-30-32-51-47(34-43)48-35-44(31-33-52(48)58-51)56(40-22-10-3-11-23-40)45-36-49(54-46-28-16-17-29-50(46)59-53(54)37-45)57(41-24-12-4-13-25-41)42-26-14-5-15-27-42/h1-37H. The Kier molecular flexibility index (Phi) is 8.88. The minimum atomic E-state index is 1.10. The maximum absolute atomic E-state index is 2.43. The molecule has 0 aliphatic carbocycles. The molecule has 0 unspecified atom stereocenters. The molecule has 5 heteroatoms. The van der Waals surface area contributed by atoms with E-state index in [0.29, 0.717) is 0 Å². The van der Waals surface area contributed by atoms with E-state index in [1.54, 1.807) is 0 Å². The van der Waals surface area contributed by atoms with Crippen LogP contribution in [0.4, 0.5) is 51.2 Å². The third kappa shape index (κ3) is 6.38. The van der Waals surface area contributed by atoms with E-state index >= 15 is 0 Å². The maximum atomic E-state index is 2.43. The molecule has 0 spiro atoms. The van der Waals surface area contributed by atoms with Crippen LogP contribution in [-0.2, 0) is 0 Å².